The summed E-state index contributed by atoms with van der Waals surface area (Å²) in [5.41, 5.74) is 0.219. The van der Waals surface area contributed by atoms with Crippen LogP contribution in [0.2, 0.25) is 0 Å². The number of hydrogen-bond donors (Lipinski definition) is 0. The minimum atomic E-state index is 0.219. The fourth-order valence-corrected chi connectivity index (χ4v) is 0.259. The third-order valence-corrected chi connectivity index (χ3v) is 0.644. The molecule has 0 radical (unpaired) electrons. The summed E-state index contributed by atoms with van der Waals surface area (Å²) < 4.78 is 4.75. The van der Waals surface area contributed by atoms with E-state index in [1.165, 1.54) is 6.26 Å². The standard InChI is InChI=1S/C7H7NO/c1-3-7(5-8)6-9-4-2/h1,6H,4H2,2H3/b7-6-. The third-order valence-electron chi connectivity index (χ3n) is 0.644. The van der Waals surface area contributed by atoms with Crippen molar-refractivity contribution in [3.05, 3.63) is 11.8 Å². The van der Waals surface area contributed by atoms with E-state index in [1.54, 1.807) is 6.07 Å². The SMILES string of the molecule is C#C/C(C#N)=C/OCC. The molecular weight excluding hydrogens is 114 g/mol. The van der Waals surface area contributed by atoms with Crippen LogP contribution in [0.3, 0.4) is 0 Å². The Morgan fingerprint density at radius 1 is 1.89 bits per heavy atom. The molecule has 2 nitrogen and oxygen atoms in total. The van der Waals surface area contributed by atoms with Crippen molar-refractivity contribution in [3.63, 3.8) is 0 Å². The summed E-state index contributed by atoms with van der Waals surface area (Å²) >= 11 is 0. The lowest BCUT2D eigenvalue weighted by Gasteiger charge is -1.89. The monoisotopic (exact) mass is 121 g/mol. The van der Waals surface area contributed by atoms with Gasteiger partial charge >= 0.3 is 0 Å². The maximum atomic E-state index is 8.21. The molecule has 46 valence electrons. The highest BCUT2D eigenvalue weighted by molar-refractivity contribution is 5.36. The average molecular weight is 121 g/mol. The second-order valence-corrected chi connectivity index (χ2v) is 1.24. The molecule has 0 unspecified atom stereocenters. The van der Waals surface area contributed by atoms with Gasteiger partial charge in [0.25, 0.3) is 0 Å². The molecule has 0 N–H and O–H groups in total. The summed E-state index contributed by atoms with van der Waals surface area (Å²) in [4.78, 5) is 0. The fraction of sp³-hybridized carbons (Fsp3) is 0.286. The first-order valence-corrected chi connectivity index (χ1v) is 2.53. The number of ether oxygens (including phenoxy) is 1. The van der Waals surface area contributed by atoms with E-state index in [0.717, 1.165) is 0 Å². The van der Waals surface area contributed by atoms with E-state index in [9.17, 15) is 0 Å². The zero-order chi connectivity index (χ0) is 7.11. The van der Waals surface area contributed by atoms with Crippen LogP contribution in [0.25, 0.3) is 0 Å². The molecule has 0 amide bonds. The predicted molar refractivity (Wildman–Crippen MR) is 34.2 cm³/mol. The Labute approximate surface area is 54.7 Å². The highest BCUT2D eigenvalue weighted by Crippen LogP contribution is 1.88. The number of terminal acetylenes is 1. The lowest BCUT2D eigenvalue weighted by molar-refractivity contribution is 0.268. The first-order valence-electron chi connectivity index (χ1n) is 2.53. The van der Waals surface area contributed by atoms with Crippen LogP contribution < -0.4 is 0 Å². The molecule has 0 spiro atoms. The molecule has 0 aromatic carbocycles. The van der Waals surface area contributed by atoms with Crippen molar-refractivity contribution in [1.82, 2.24) is 0 Å². The number of hydrogen-bond acceptors (Lipinski definition) is 2. The molecule has 9 heavy (non-hydrogen) atoms. The molecule has 0 saturated carbocycles. The molecule has 0 aromatic rings. The second kappa shape index (κ2) is 4.74. The summed E-state index contributed by atoms with van der Waals surface area (Å²) in [5, 5.41) is 8.21. The number of nitriles is 1. The molecule has 0 aliphatic rings. The first kappa shape index (κ1) is 7.59. The minimum absolute atomic E-state index is 0.219. The predicted octanol–water partition coefficient (Wildman–Crippen LogP) is 1.06. The van der Waals surface area contributed by atoms with Gasteiger partial charge < -0.3 is 4.74 Å². The topological polar surface area (TPSA) is 33.0 Å². The van der Waals surface area contributed by atoms with E-state index in [0.29, 0.717) is 6.61 Å². The van der Waals surface area contributed by atoms with Gasteiger partial charge in [0.2, 0.25) is 0 Å². The summed E-state index contributed by atoms with van der Waals surface area (Å²) in [6, 6.07) is 1.79. The Morgan fingerprint density at radius 2 is 2.56 bits per heavy atom. The Morgan fingerprint density at radius 3 is 2.89 bits per heavy atom. The Hall–Kier alpha value is -1.41. The molecule has 0 aliphatic carbocycles. The van der Waals surface area contributed by atoms with Gasteiger partial charge in [0, 0.05) is 0 Å². The minimum Gasteiger partial charge on any atom is -0.499 e. The van der Waals surface area contributed by atoms with Crippen molar-refractivity contribution < 1.29 is 4.74 Å². The summed E-state index contributed by atoms with van der Waals surface area (Å²) in [6.07, 6.45) is 6.18. The van der Waals surface area contributed by atoms with Gasteiger partial charge in [-0.1, -0.05) is 5.92 Å². The fourth-order valence-electron chi connectivity index (χ4n) is 0.259. The van der Waals surface area contributed by atoms with Crippen LogP contribution in [-0.2, 0) is 4.74 Å². The highest BCUT2D eigenvalue weighted by atomic mass is 16.5. The Kier molecular flexibility index (Phi) is 4.00. The van der Waals surface area contributed by atoms with Crippen LogP contribution in [0.5, 0.6) is 0 Å². The molecule has 0 atom stereocenters. The smallest absolute Gasteiger partial charge is 0.136 e. The number of allylic oxidation sites excluding steroid dienone is 1. The zero-order valence-corrected chi connectivity index (χ0v) is 5.22. The lowest BCUT2D eigenvalue weighted by atomic mass is 10.3. The Balaban J connectivity index is 3.85. The molecule has 0 fully saturated rings. The van der Waals surface area contributed by atoms with Crippen molar-refractivity contribution in [2.75, 3.05) is 6.61 Å². The van der Waals surface area contributed by atoms with Crippen LogP contribution in [-0.4, -0.2) is 6.61 Å². The first-order chi connectivity index (χ1) is 4.35. The van der Waals surface area contributed by atoms with Gasteiger partial charge in [0.1, 0.15) is 17.9 Å². The molecular formula is C7H7NO. The van der Waals surface area contributed by atoms with Crippen LogP contribution in [0, 0.1) is 23.7 Å². The number of rotatable bonds is 2. The van der Waals surface area contributed by atoms with E-state index in [1.807, 2.05) is 6.92 Å². The molecule has 0 saturated heterocycles. The van der Waals surface area contributed by atoms with Gasteiger partial charge in [-0.3, -0.25) is 0 Å². The largest absolute Gasteiger partial charge is 0.499 e. The maximum absolute atomic E-state index is 8.21. The van der Waals surface area contributed by atoms with Gasteiger partial charge in [-0.25, -0.2) is 0 Å². The number of nitrogens with zero attached hydrogens (tertiary/aromatic N) is 1. The van der Waals surface area contributed by atoms with Crippen molar-refractivity contribution in [2.24, 2.45) is 0 Å². The van der Waals surface area contributed by atoms with Crippen molar-refractivity contribution >= 4 is 0 Å². The van der Waals surface area contributed by atoms with Crippen LogP contribution in [0.4, 0.5) is 0 Å². The molecule has 0 rings (SSSR count). The highest BCUT2D eigenvalue weighted by Gasteiger charge is 1.84. The Bertz CT molecular complexity index is 164. The third kappa shape index (κ3) is 3.20. The summed E-state index contributed by atoms with van der Waals surface area (Å²) in [6.45, 7) is 2.36. The van der Waals surface area contributed by atoms with Gasteiger partial charge in [0.05, 0.1) is 6.61 Å². The van der Waals surface area contributed by atoms with E-state index in [2.05, 4.69) is 5.92 Å². The van der Waals surface area contributed by atoms with Gasteiger partial charge in [-0.2, -0.15) is 5.26 Å². The lowest BCUT2D eigenvalue weighted by Crippen LogP contribution is -1.80. The van der Waals surface area contributed by atoms with Crippen LogP contribution in [0.15, 0.2) is 11.8 Å². The van der Waals surface area contributed by atoms with Gasteiger partial charge in [-0.15, -0.1) is 6.42 Å². The van der Waals surface area contributed by atoms with Gasteiger partial charge in [-0.05, 0) is 6.92 Å². The normalized spacial score (nSPS) is 9.44. The van der Waals surface area contributed by atoms with Gasteiger partial charge in [0.15, 0.2) is 0 Å². The molecule has 0 aliphatic heterocycles. The average Bonchev–Trinajstić information content (AvgIpc) is 1.91. The van der Waals surface area contributed by atoms with E-state index in [4.69, 9.17) is 16.4 Å². The van der Waals surface area contributed by atoms with Crippen LogP contribution in [0.1, 0.15) is 6.92 Å². The van der Waals surface area contributed by atoms with E-state index in [-0.39, 0.29) is 5.57 Å². The van der Waals surface area contributed by atoms with Crippen molar-refractivity contribution in [3.8, 4) is 18.4 Å². The van der Waals surface area contributed by atoms with Crippen molar-refractivity contribution in [2.45, 2.75) is 6.92 Å². The van der Waals surface area contributed by atoms with E-state index >= 15 is 0 Å². The zero-order valence-electron chi connectivity index (χ0n) is 5.22. The molecule has 0 heterocycles. The quantitative estimate of drug-likeness (QED) is 0.311. The van der Waals surface area contributed by atoms with Crippen molar-refractivity contribution in [1.29, 1.82) is 5.26 Å². The molecule has 2 heteroatoms. The maximum Gasteiger partial charge on any atom is 0.136 e. The molecule has 0 bridgehead atoms. The molecule has 0 aromatic heterocycles. The van der Waals surface area contributed by atoms with Crippen LogP contribution >= 0.6 is 0 Å². The summed E-state index contributed by atoms with van der Waals surface area (Å²) in [7, 11) is 0. The van der Waals surface area contributed by atoms with E-state index < -0.39 is 0 Å². The second-order valence-electron chi connectivity index (χ2n) is 1.24. The summed E-state index contributed by atoms with van der Waals surface area (Å²) in [5.74, 6) is 2.16.